The molecule has 0 spiro atoms. The van der Waals surface area contributed by atoms with E-state index in [4.69, 9.17) is 0 Å². The molecule has 2 aromatic rings. The van der Waals surface area contributed by atoms with E-state index in [1.54, 1.807) is 40.9 Å². The molecule has 0 aliphatic carbocycles. The predicted octanol–water partition coefficient (Wildman–Crippen LogP) is 1.68. The van der Waals surface area contributed by atoms with Crippen molar-refractivity contribution in [1.82, 2.24) is 20.5 Å². The maximum Gasteiger partial charge on any atom is 0.253 e. The second-order valence-electron chi connectivity index (χ2n) is 6.39. The van der Waals surface area contributed by atoms with Gasteiger partial charge in [-0.2, -0.15) is 11.3 Å². The SMILES string of the molecule is O=C(NCCC(=O)N1CCC(NC(=O)c2cccnc2)CC1)c1ccsc1. The van der Waals surface area contributed by atoms with Crippen LogP contribution in [0.2, 0.25) is 0 Å². The molecule has 1 fully saturated rings. The lowest BCUT2D eigenvalue weighted by Crippen LogP contribution is -2.47. The van der Waals surface area contributed by atoms with E-state index < -0.39 is 0 Å². The van der Waals surface area contributed by atoms with Crippen molar-refractivity contribution in [2.24, 2.45) is 0 Å². The van der Waals surface area contributed by atoms with Crippen molar-refractivity contribution in [3.63, 3.8) is 0 Å². The van der Waals surface area contributed by atoms with Gasteiger partial charge in [0.05, 0.1) is 5.56 Å². The first-order chi connectivity index (χ1) is 13.1. The zero-order valence-corrected chi connectivity index (χ0v) is 15.7. The number of carbonyl (C=O) groups excluding carboxylic acids is 3. The minimum absolute atomic E-state index is 0.0256. The summed E-state index contributed by atoms with van der Waals surface area (Å²) in [6, 6.07) is 5.27. The number of nitrogens with one attached hydrogen (secondary N) is 2. The Balaban J connectivity index is 1.36. The summed E-state index contributed by atoms with van der Waals surface area (Å²) in [7, 11) is 0. The van der Waals surface area contributed by atoms with Gasteiger partial charge < -0.3 is 15.5 Å². The van der Waals surface area contributed by atoms with Crippen LogP contribution in [0.4, 0.5) is 0 Å². The third-order valence-electron chi connectivity index (χ3n) is 4.51. The van der Waals surface area contributed by atoms with E-state index in [0.29, 0.717) is 30.8 Å². The van der Waals surface area contributed by atoms with Gasteiger partial charge in [-0.3, -0.25) is 19.4 Å². The van der Waals surface area contributed by atoms with E-state index in [2.05, 4.69) is 15.6 Å². The Kier molecular flexibility index (Phi) is 6.54. The number of thiophene rings is 1. The normalized spacial score (nSPS) is 14.6. The third-order valence-corrected chi connectivity index (χ3v) is 5.20. The first-order valence-electron chi connectivity index (χ1n) is 8.92. The van der Waals surface area contributed by atoms with E-state index >= 15 is 0 Å². The molecule has 8 heteroatoms. The highest BCUT2D eigenvalue weighted by Gasteiger charge is 2.24. The summed E-state index contributed by atoms with van der Waals surface area (Å²) in [5.74, 6) is -0.262. The van der Waals surface area contributed by atoms with Crippen LogP contribution in [0.25, 0.3) is 0 Å². The summed E-state index contributed by atoms with van der Waals surface area (Å²) in [6.45, 7) is 1.54. The molecule has 142 valence electrons. The molecule has 2 aromatic heterocycles. The van der Waals surface area contributed by atoms with Crippen LogP contribution in [0.5, 0.6) is 0 Å². The number of piperidine rings is 1. The maximum absolute atomic E-state index is 12.3. The average Bonchev–Trinajstić information content (AvgIpc) is 3.24. The van der Waals surface area contributed by atoms with Crippen LogP contribution < -0.4 is 10.6 Å². The van der Waals surface area contributed by atoms with Gasteiger partial charge in [-0.25, -0.2) is 0 Å². The number of hydrogen-bond acceptors (Lipinski definition) is 5. The maximum atomic E-state index is 12.3. The van der Waals surface area contributed by atoms with Crippen molar-refractivity contribution in [3.8, 4) is 0 Å². The van der Waals surface area contributed by atoms with E-state index in [1.807, 2.05) is 5.38 Å². The number of pyridine rings is 1. The van der Waals surface area contributed by atoms with Crippen molar-refractivity contribution in [1.29, 1.82) is 0 Å². The Morgan fingerprint density at radius 3 is 2.63 bits per heavy atom. The smallest absolute Gasteiger partial charge is 0.253 e. The first-order valence-corrected chi connectivity index (χ1v) is 9.87. The number of rotatable bonds is 6. The van der Waals surface area contributed by atoms with Crippen LogP contribution in [0, 0.1) is 0 Å². The molecular weight excluding hydrogens is 364 g/mol. The topological polar surface area (TPSA) is 91.4 Å². The van der Waals surface area contributed by atoms with Crippen LogP contribution in [0.15, 0.2) is 41.4 Å². The number of nitrogens with zero attached hydrogens (tertiary/aromatic N) is 2. The van der Waals surface area contributed by atoms with E-state index in [-0.39, 0.29) is 30.2 Å². The van der Waals surface area contributed by atoms with Gasteiger partial charge >= 0.3 is 0 Å². The van der Waals surface area contributed by atoms with Gasteiger partial charge in [0, 0.05) is 55.4 Å². The highest BCUT2D eigenvalue weighted by Crippen LogP contribution is 2.12. The molecular formula is C19H22N4O3S. The second kappa shape index (κ2) is 9.27. The molecule has 0 saturated carbocycles. The summed E-state index contributed by atoms with van der Waals surface area (Å²) in [5, 5.41) is 9.38. The Bertz CT molecular complexity index is 772. The van der Waals surface area contributed by atoms with Crippen molar-refractivity contribution in [2.45, 2.75) is 25.3 Å². The van der Waals surface area contributed by atoms with Gasteiger partial charge in [-0.05, 0) is 36.4 Å². The van der Waals surface area contributed by atoms with Gasteiger partial charge in [0.25, 0.3) is 11.8 Å². The standard InChI is InChI=1S/C19H22N4O3S/c24-17(3-8-21-18(25)15-6-11-27-13-15)23-9-4-16(5-10-23)22-19(26)14-2-1-7-20-12-14/h1-2,6-7,11-13,16H,3-5,8-10H2,(H,21,25)(H,22,26). The zero-order valence-electron chi connectivity index (χ0n) is 14.9. The van der Waals surface area contributed by atoms with E-state index in [0.717, 1.165) is 12.8 Å². The summed E-state index contributed by atoms with van der Waals surface area (Å²) in [4.78, 5) is 42.1. The Morgan fingerprint density at radius 1 is 1.15 bits per heavy atom. The monoisotopic (exact) mass is 386 g/mol. The highest BCUT2D eigenvalue weighted by atomic mass is 32.1. The lowest BCUT2D eigenvalue weighted by Gasteiger charge is -2.32. The molecule has 1 saturated heterocycles. The van der Waals surface area contributed by atoms with Gasteiger partial charge in [-0.15, -0.1) is 0 Å². The molecule has 0 radical (unpaired) electrons. The third kappa shape index (κ3) is 5.37. The summed E-state index contributed by atoms with van der Waals surface area (Å²) >= 11 is 1.46. The van der Waals surface area contributed by atoms with Gasteiger partial charge in [0.2, 0.25) is 5.91 Å². The molecule has 3 rings (SSSR count). The average molecular weight is 386 g/mol. The lowest BCUT2D eigenvalue weighted by atomic mass is 10.0. The summed E-state index contributed by atoms with van der Waals surface area (Å²) in [6.07, 6.45) is 4.89. The molecule has 1 aliphatic heterocycles. The number of aromatic nitrogens is 1. The quantitative estimate of drug-likeness (QED) is 0.790. The van der Waals surface area contributed by atoms with E-state index in [1.165, 1.54) is 11.3 Å². The molecule has 2 N–H and O–H groups in total. The van der Waals surface area contributed by atoms with Crippen LogP contribution in [-0.2, 0) is 4.79 Å². The molecule has 3 heterocycles. The predicted molar refractivity (Wildman–Crippen MR) is 103 cm³/mol. The molecule has 27 heavy (non-hydrogen) atoms. The fourth-order valence-corrected chi connectivity index (χ4v) is 3.61. The van der Waals surface area contributed by atoms with Gasteiger partial charge in [0.1, 0.15) is 0 Å². The van der Waals surface area contributed by atoms with Crippen LogP contribution in [-0.4, -0.2) is 53.3 Å². The number of amides is 3. The Labute approximate surface area is 161 Å². The van der Waals surface area contributed by atoms with Crippen molar-refractivity contribution in [2.75, 3.05) is 19.6 Å². The van der Waals surface area contributed by atoms with Crippen molar-refractivity contribution in [3.05, 3.63) is 52.5 Å². The minimum Gasteiger partial charge on any atom is -0.351 e. The van der Waals surface area contributed by atoms with Crippen molar-refractivity contribution >= 4 is 29.1 Å². The molecule has 0 unspecified atom stereocenters. The summed E-state index contributed by atoms with van der Waals surface area (Å²) in [5.41, 5.74) is 1.16. The number of likely N-dealkylation sites (tertiary alicyclic amines) is 1. The Morgan fingerprint density at radius 2 is 1.96 bits per heavy atom. The van der Waals surface area contributed by atoms with Crippen molar-refractivity contribution < 1.29 is 14.4 Å². The molecule has 7 nitrogen and oxygen atoms in total. The summed E-state index contributed by atoms with van der Waals surface area (Å²) < 4.78 is 0. The fourth-order valence-electron chi connectivity index (χ4n) is 2.98. The Hall–Kier alpha value is -2.74. The molecule has 1 aliphatic rings. The molecule has 0 atom stereocenters. The van der Waals surface area contributed by atoms with Crippen LogP contribution in [0.3, 0.4) is 0 Å². The fraction of sp³-hybridized carbons (Fsp3) is 0.368. The second-order valence-corrected chi connectivity index (χ2v) is 7.17. The largest absolute Gasteiger partial charge is 0.351 e. The molecule has 0 bridgehead atoms. The molecule has 3 amide bonds. The number of hydrogen-bond donors (Lipinski definition) is 2. The first kappa shape index (κ1) is 19.0. The van der Waals surface area contributed by atoms with Gasteiger partial charge in [0.15, 0.2) is 0 Å². The van der Waals surface area contributed by atoms with Crippen LogP contribution >= 0.6 is 11.3 Å². The van der Waals surface area contributed by atoms with Crippen LogP contribution in [0.1, 0.15) is 40.0 Å². The number of carbonyl (C=O) groups is 3. The molecule has 0 aromatic carbocycles. The zero-order chi connectivity index (χ0) is 19.1. The highest BCUT2D eigenvalue weighted by molar-refractivity contribution is 7.08. The van der Waals surface area contributed by atoms with E-state index in [9.17, 15) is 14.4 Å². The minimum atomic E-state index is -0.152. The lowest BCUT2D eigenvalue weighted by molar-refractivity contribution is -0.132. The van der Waals surface area contributed by atoms with Gasteiger partial charge in [-0.1, -0.05) is 0 Å².